The molecule has 1 aliphatic heterocycles. The van der Waals surface area contributed by atoms with Gasteiger partial charge in [-0.15, -0.1) is 0 Å². The summed E-state index contributed by atoms with van der Waals surface area (Å²) >= 11 is 6.14. The van der Waals surface area contributed by atoms with Crippen LogP contribution in [0.15, 0.2) is 85.2 Å². The van der Waals surface area contributed by atoms with Gasteiger partial charge in [-0.2, -0.15) is 0 Å². The molecule has 5 rings (SSSR count). The number of ether oxygens (including phenoxy) is 1. The lowest BCUT2D eigenvalue weighted by Crippen LogP contribution is -2.46. The maximum atomic E-state index is 13.8. The topological polar surface area (TPSA) is 101 Å². The Bertz CT molecular complexity index is 1510. The van der Waals surface area contributed by atoms with E-state index in [1.165, 1.54) is 12.0 Å². The molecule has 0 radical (unpaired) electrons. The van der Waals surface area contributed by atoms with Crippen molar-refractivity contribution in [3.8, 4) is 5.75 Å². The van der Waals surface area contributed by atoms with Crippen LogP contribution in [0.3, 0.4) is 0 Å². The highest BCUT2D eigenvalue weighted by Crippen LogP contribution is 2.30. The van der Waals surface area contributed by atoms with Crippen LogP contribution in [0.25, 0.3) is 0 Å². The monoisotopic (exact) mass is 526 g/mol. The minimum atomic E-state index is -0.843. The summed E-state index contributed by atoms with van der Waals surface area (Å²) in [5.41, 5.74) is 2.69. The van der Waals surface area contributed by atoms with E-state index in [4.69, 9.17) is 16.3 Å². The molecule has 1 atom stereocenters. The van der Waals surface area contributed by atoms with Gasteiger partial charge >= 0.3 is 0 Å². The van der Waals surface area contributed by atoms with Crippen LogP contribution in [0.5, 0.6) is 5.75 Å². The third-order valence-corrected chi connectivity index (χ3v) is 6.53. The van der Waals surface area contributed by atoms with Gasteiger partial charge in [-0.25, -0.2) is 0 Å². The van der Waals surface area contributed by atoms with E-state index in [2.05, 4.69) is 15.3 Å². The van der Waals surface area contributed by atoms with E-state index in [1.54, 1.807) is 73.1 Å². The van der Waals surface area contributed by atoms with Gasteiger partial charge in [0, 0.05) is 36.1 Å². The van der Waals surface area contributed by atoms with E-state index >= 15 is 0 Å². The first-order chi connectivity index (χ1) is 18.4. The second-order valence-corrected chi connectivity index (χ2v) is 9.17. The number of ketones is 1. The zero-order valence-corrected chi connectivity index (χ0v) is 21.2. The third-order valence-electron chi connectivity index (χ3n) is 6.30. The van der Waals surface area contributed by atoms with E-state index in [1.807, 2.05) is 12.1 Å². The molecule has 0 bridgehead atoms. The van der Waals surface area contributed by atoms with Crippen molar-refractivity contribution in [2.45, 2.75) is 19.0 Å². The van der Waals surface area contributed by atoms with E-state index in [9.17, 15) is 14.4 Å². The molecule has 0 unspecified atom stereocenters. The Kier molecular flexibility index (Phi) is 7.15. The molecular weight excluding hydrogens is 504 g/mol. The lowest BCUT2D eigenvalue weighted by molar-refractivity contribution is -0.120. The van der Waals surface area contributed by atoms with E-state index in [-0.39, 0.29) is 30.6 Å². The fraction of sp³-hybridized carbons (Fsp3) is 0.138. The number of hydrogen-bond donors (Lipinski definition) is 1. The van der Waals surface area contributed by atoms with Crippen LogP contribution in [-0.2, 0) is 17.8 Å². The number of anilines is 1. The number of amides is 2. The predicted octanol–water partition coefficient (Wildman–Crippen LogP) is 4.58. The van der Waals surface area contributed by atoms with Crippen molar-refractivity contribution in [2.24, 2.45) is 0 Å². The van der Waals surface area contributed by atoms with Crippen molar-refractivity contribution in [1.29, 1.82) is 0 Å². The fourth-order valence-corrected chi connectivity index (χ4v) is 4.59. The van der Waals surface area contributed by atoms with Gasteiger partial charge in [0.15, 0.2) is 0 Å². The second-order valence-electron chi connectivity index (χ2n) is 8.73. The van der Waals surface area contributed by atoms with E-state index in [0.717, 1.165) is 0 Å². The van der Waals surface area contributed by atoms with Gasteiger partial charge in [-0.3, -0.25) is 24.4 Å². The summed E-state index contributed by atoms with van der Waals surface area (Å²) in [4.78, 5) is 50.2. The van der Waals surface area contributed by atoms with Crippen LogP contribution in [0.2, 0.25) is 5.02 Å². The average Bonchev–Trinajstić information content (AvgIpc) is 3.03. The summed E-state index contributed by atoms with van der Waals surface area (Å²) in [6.07, 6.45) is 3.41. The van der Waals surface area contributed by atoms with Crippen LogP contribution in [0.4, 0.5) is 5.69 Å². The number of aromatic nitrogens is 2. The number of benzene rings is 2. The molecule has 1 aliphatic rings. The van der Waals surface area contributed by atoms with Gasteiger partial charge in [0.25, 0.3) is 5.91 Å². The molecular formula is C29H23ClN4O4. The highest BCUT2D eigenvalue weighted by Gasteiger charge is 2.36. The molecule has 9 heteroatoms. The molecule has 2 aromatic carbocycles. The highest BCUT2D eigenvalue weighted by atomic mass is 35.5. The fourth-order valence-electron chi connectivity index (χ4n) is 4.42. The number of carbonyl (C=O) groups excluding carboxylic acids is 3. The largest absolute Gasteiger partial charge is 0.496 e. The zero-order valence-electron chi connectivity index (χ0n) is 20.4. The van der Waals surface area contributed by atoms with Crippen molar-refractivity contribution >= 4 is 34.9 Å². The van der Waals surface area contributed by atoms with Gasteiger partial charge in [-0.1, -0.05) is 29.8 Å². The number of methoxy groups -OCH3 is 1. The molecule has 4 aromatic rings. The van der Waals surface area contributed by atoms with Crippen molar-refractivity contribution in [3.05, 3.63) is 118 Å². The van der Waals surface area contributed by atoms with E-state index < -0.39 is 6.04 Å². The zero-order chi connectivity index (χ0) is 26.6. The number of hydrogen-bond acceptors (Lipinski definition) is 6. The Hall–Kier alpha value is -4.56. The molecule has 8 nitrogen and oxygen atoms in total. The molecule has 0 fully saturated rings. The minimum absolute atomic E-state index is 0.0975. The van der Waals surface area contributed by atoms with Crippen LogP contribution in [0.1, 0.15) is 37.7 Å². The number of nitrogens with one attached hydrogen (secondary N) is 1. The maximum Gasteiger partial charge on any atom is 0.256 e. The van der Waals surface area contributed by atoms with Crippen molar-refractivity contribution in [1.82, 2.24) is 14.9 Å². The number of halogens is 1. The lowest BCUT2D eigenvalue weighted by Gasteiger charge is -2.29. The summed E-state index contributed by atoms with van der Waals surface area (Å²) in [6, 6.07) is 19.6. The predicted molar refractivity (Wildman–Crippen MR) is 142 cm³/mol. The first-order valence-corrected chi connectivity index (χ1v) is 12.3. The summed E-state index contributed by atoms with van der Waals surface area (Å²) in [6.45, 7) is 0.0975. The minimum Gasteiger partial charge on any atom is -0.496 e. The Labute approximate surface area is 224 Å². The van der Waals surface area contributed by atoms with Gasteiger partial charge in [0.1, 0.15) is 17.5 Å². The number of fused-ring (bicyclic) bond motifs is 1. The molecule has 190 valence electrons. The lowest BCUT2D eigenvalue weighted by atomic mass is 10.0. The Balaban J connectivity index is 1.51. The van der Waals surface area contributed by atoms with Crippen LogP contribution < -0.4 is 10.1 Å². The van der Waals surface area contributed by atoms with Crippen LogP contribution in [-0.4, -0.2) is 45.6 Å². The summed E-state index contributed by atoms with van der Waals surface area (Å²) in [7, 11) is 1.47. The standard InChI is InChI=1S/C29H23ClN4O4/c1-38-26-14-18(8-10-22(26)27(35)23-7-3-5-13-32-23)17-34-25(16-20-6-2-4-12-31-20)28(36)33-24-15-19(30)9-11-21(24)29(34)37/h2-15,25H,16-17H2,1H3,(H,33,36)/t25-/m1/s1. The number of rotatable bonds is 7. The SMILES string of the molecule is COc1cc(CN2C(=O)c3ccc(Cl)cc3NC(=O)[C@H]2Cc2ccccn2)ccc1C(=O)c1ccccn1. The first kappa shape index (κ1) is 25.1. The molecule has 0 saturated carbocycles. The molecule has 0 spiro atoms. The third kappa shape index (κ3) is 5.12. The van der Waals surface area contributed by atoms with Crippen LogP contribution >= 0.6 is 11.6 Å². The molecule has 0 saturated heterocycles. The first-order valence-electron chi connectivity index (χ1n) is 11.9. The van der Waals surface area contributed by atoms with Crippen LogP contribution in [0, 0.1) is 0 Å². The molecule has 1 N–H and O–H groups in total. The quantitative estimate of drug-likeness (QED) is 0.354. The summed E-state index contributed by atoms with van der Waals surface area (Å²) < 4.78 is 5.53. The molecule has 3 heterocycles. The number of pyridine rings is 2. The number of nitrogens with zero attached hydrogens (tertiary/aromatic N) is 3. The number of carbonyl (C=O) groups is 3. The van der Waals surface area contributed by atoms with Crippen molar-refractivity contribution in [2.75, 3.05) is 12.4 Å². The normalized spacial score (nSPS) is 14.9. The van der Waals surface area contributed by atoms with Gasteiger partial charge in [0.05, 0.1) is 23.9 Å². The maximum absolute atomic E-state index is 13.8. The molecule has 38 heavy (non-hydrogen) atoms. The highest BCUT2D eigenvalue weighted by molar-refractivity contribution is 6.31. The van der Waals surface area contributed by atoms with Gasteiger partial charge < -0.3 is 15.0 Å². The summed E-state index contributed by atoms with van der Waals surface area (Å²) in [5, 5.41) is 3.26. The average molecular weight is 527 g/mol. The van der Waals surface area contributed by atoms with Gasteiger partial charge in [0.2, 0.25) is 11.7 Å². The molecule has 2 amide bonds. The van der Waals surface area contributed by atoms with Crippen molar-refractivity contribution in [3.63, 3.8) is 0 Å². The summed E-state index contributed by atoms with van der Waals surface area (Å²) in [5.74, 6) is -0.612. The molecule has 2 aromatic heterocycles. The van der Waals surface area contributed by atoms with E-state index in [0.29, 0.717) is 44.5 Å². The van der Waals surface area contributed by atoms with Crippen molar-refractivity contribution < 1.29 is 19.1 Å². The second kappa shape index (κ2) is 10.8. The van der Waals surface area contributed by atoms with Gasteiger partial charge in [-0.05, 0) is 60.2 Å². The Morgan fingerprint density at radius 1 is 1.00 bits per heavy atom. The smallest absolute Gasteiger partial charge is 0.256 e. The Morgan fingerprint density at radius 2 is 1.79 bits per heavy atom. The Morgan fingerprint density at radius 3 is 2.50 bits per heavy atom. The molecule has 0 aliphatic carbocycles.